The van der Waals surface area contributed by atoms with Gasteiger partial charge in [0.15, 0.2) is 0 Å². The Morgan fingerprint density at radius 1 is 1.40 bits per heavy atom. The van der Waals surface area contributed by atoms with E-state index in [-0.39, 0.29) is 6.04 Å². The summed E-state index contributed by atoms with van der Waals surface area (Å²) in [5, 5.41) is 10.3. The minimum Gasteiger partial charge on any atom is -0.306 e. The van der Waals surface area contributed by atoms with Crippen LogP contribution in [0, 0.1) is 6.92 Å². The lowest BCUT2D eigenvalue weighted by Gasteiger charge is -2.16. The average molecular weight is 286 g/mol. The van der Waals surface area contributed by atoms with Crippen molar-refractivity contribution in [3.05, 3.63) is 52.2 Å². The molecule has 3 heterocycles. The van der Waals surface area contributed by atoms with Gasteiger partial charge >= 0.3 is 0 Å². The summed E-state index contributed by atoms with van der Waals surface area (Å²) in [4.78, 5) is 5.55. The van der Waals surface area contributed by atoms with E-state index in [1.54, 1.807) is 17.5 Å². The molecule has 0 bridgehead atoms. The number of hydrogen-bond acceptors (Lipinski definition) is 4. The Bertz CT molecular complexity index is 701. The lowest BCUT2D eigenvalue weighted by molar-refractivity contribution is 0.602. The lowest BCUT2D eigenvalue weighted by Crippen LogP contribution is -2.22. The van der Waals surface area contributed by atoms with Crippen molar-refractivity contribution >= 4 is 16.9 Å². The Kier molecular flexibility index (Phi) is 3.80. The Balaban J connectivity index is 2.04. The summed E-state index contributed by atoms with van der Waals surface area (Å²) >= 11 is 1.79. The molecule has 0 radical (unpaired) electrons. The quantitative estimate of drug-likeness (QED) is 0.783. The number of rotatable bonds is 5. The van der Waals surface area contributed by atoms with Crippen LogP contribution in [0.4, 0.5) is 0 Å². The van der Waals surface area contributed by atoms with Crippen LogP contribution in [0.3, 0.4) is 0 Å². The number of aryl methyl sites for hydroxylation is 1. The maximum absolute atomic E-state index is 4.42. The molecule has 0 aliphatic heterocycles. The minimum absolute atomic E-state index is 0.182. The van der Waals surface area contributed by atoms with Crippen molar-refractivity contribution in [2.45, 2.75) is 26.3 Å². The van der Waals surface area contributed by atoms with Crippen molar-refractivity contribution in [2.75, 3.05) is 6.54 Å². The molecule has 0 spiro atoms. The summed E-state index contributed by atoms with van der Waals surface area (Å²) in [7, 11) is 0. The monoisotopic (exact) mass is 286 g/mol. The topological polar surface area (TPSA) is 42.2 Å². The zero-order chi connectivity index (χ0) is 13.9. The molecule has 3 rings (SSSR count). The van der Waals surface area contributed by atoms with E-state index in [4.69, 9.17) is 0 Å². The van der Waals surface area contributed by atoms with E-state index in [9.17, 15) is 0 Å². The van der Waals surface area contributed by atoms with Gasteiger partial charge in [0.05, 0.1) is 24.0 Å². The summed E-state index contributed by atoms with van der Waals surface area (Å²) in [6, 6.07) is 2.43. The molecule has 3 aromatic heterocycles. The molecule has 1 N–H and O–H groups in total. The first-order chi connectivity index (χ1) is 9.79. The smallest absolute Gasteiger partial charge is 0.0896 e. The van der Waals surface area contributed by atoms with Crippen LogP contribution in [-0.4, -0.2) is 21.1 Å². The fourth-order valence-electron chi connectivity index (χ4n) is 2.39. The fraction of sp³-hybridized carbons (Fsp3) is 0.333. The van der Waals surface area contributed by atoms with Crippen LogP contribution in [-0.2, 0) is 0 Å². The number of nitrogens with one attached hydrogen (secondary N) is 1. The summed E-state index contributed by atoms with van der Waals surface area (Å²) < 4.78 is 1.88. The molecule has 0 aliphatic carbocycles. The second kappa shape index (κ2) is 5.73. The number of aromatic nitrogens is 3. The third-order valence-electron chi connectivity index (χ3n) is 3.35. The number of nitrogens with zero attached hydrogens (tertiary/aromatic N) is 3. The summed E-state index contributed by atoms with van der Waals surface area (Å²) in [6.07, 6.45) is 8.57. The molecule has 1 atom stereocenters. The van der Waals surface area contributed by atoms with Gasteiger partial charge in [-0.15, -0.1) is 11.3 Å². The van der Waals surface area contributed by atoms with E-state index in [2.05, 4.69) is 40.7 Å². The van der Waals surface area contributed by atoms with Crippen LogP contribution < -0.4 is 5.32 Å². The van der Waals surface area contributed by atoms with E-state index >= 15 is 0 Å². The minimum atomic E-state index is 0.182. The number of fused-ring (bicyclic) bond motifs is 1. The van der Waals surface area contributed by atoms with Crippen molar-refractivity contribution in [1.29, 1.82) is 0 Å². The summed E-state index contributed by atoms with van der Waals surface area (Å²) in [5.41, 5.74) is 3.55. The second-order valence-corrected chi connectivity index (χ2v) is 6.00. The third-order valence-corrected chi connectivity index (χ3v) is 4.23. The molecule has 5 heteroatoms. The fourth-order valence-corrected chi connectivity index (χ4v) is 3.12. The zero-order valence-corrected chi connectivity index (χ0v) is 12.5. The van der Waals surface area contributed by atoms with E-state index in [1.165, 1.54) is 16.0 Å². The molecule has 0 amide bonds. The van der Waals surface area contributed by atoms with Crippen molar-refractivity contribution in [3.63, 3.8) is 0 Å². The van der Waals surface area contributed by atoms with E-state index < -0.39 is 0 Å². The Morgan fingerprint density at radius 3 is 3.05 bits per heavy atom. The predicted molar refractivity (Wildman–Crippen MR) is 82.2 cm³/mol. The highest BCUT2D eigenvalue weighted by Crippen LogP contribution is 2.28. The summed E-state index contributed by atoms with van der Waals surface area (Å²) in [6.45, 7) is 5.31. The molecular formula is C15H18N4S. The maximum Gasteiger partial charge on any atom is 0.0896 e. The molecule has 0 aliphatic rings. The van der Waals surface area contributed by atoms with Gasteiger partial charge in [-0.25, -0.2) is 4.52 Å². The molecule has 0 saturated heterocycles. The van der Waals surface area contributed by atoms with Gasteiger partial charge < -0.3 is 5.32 Å². The SMILES string of the molecule is CCCNC(c1csc(C)c1)c1cnn2ccncc12. The van der Waals surface area contributed by atoms with Gasteiger partial charge in [-0.05, 0) is 36.9 Å². The van der Waals surface area contributed by atoms with E-state index in [1.807, 2.05) is 23.1 Å². The van der Waals surface area contributed by atoms with E-state index in [0.717, 1.165) is 18.5 Å². The number of thiophene rings is 1. The van der Waals surface area contributed by atoms with Crippen molar-refractivity contribution in [3.8, 4) is 0 Å². The molecule has 0 fully saturated rings. The highest BCUT2D eigenvalue weighted by Gasteiger charge is 2.18. The van der Waals surface area contributed by atoms with Gasteiger partial charge in [0.1, 0.15) is 0 Å². The van der Waals surface area contributed by atoms with Crippen molar-refractivity contribution in [2.24, 2.45) is 0 Å². The molecule has 1 unspecified atom stereocenters. The predicted octanol–water partition coefficient (Wildman–Crippen LogP) is 3.19. The first-order valence-corrected chi connectivity index (χ1v) is 7.73. The van der Waals surface area contributed by atoms with Gasteiger partial charge in [-0.1, -0.05) is 6.92 Å². The molecule has 20 heavy (non-hydrogen) atoms. The summed E-state index contributed by atoms with van der Waals surface area (Å²) in [5.74, 6) is 0. The highest BCUT2D eigenvalue weighted by atomic mass is 32.1. The van der Waals surface area contributed by atoms with Crippen LogP contribution >= 0.6 is 11.3 Å². The third kappa shape index (κ3) is 2.46. The van der Waals surface area contributed by atoms with Gasteiger partial charge in [0.25, 0.3) is 0 Å². The van der Waals surface area contributed by atoms with E-state index in [0.29, 0.717) is 0 Å². The van der Waals surface area contributed by atoms with Crippen molar-refractivity contribution in [1.82, 2.24) is 19.9 Å². The second-order valence-electron chi connectivity index (χ2n) is 4.88. The molecule has 3 aromatic rings. The van der Waals surface area contributed by atoms with Crippen LogP contribution in [0.1, 0.15) is 35.4 Å². The average Bonchev–Trinajstić information content (AvgIpc) is 3.07. The highest BCUT2D eigenvalue weighted by molar-refractivity contribution is 7.10. The Labute approximate surface area is 122 Å². The molecule has 0 saturated carbocycles. The largest absolute Gasteiger partial charge is 0.306 e. The lowest BCUT2D eigenvalue weighted by atomic mass is 10.0. The molecule has 4 nitrogen and oxygen atoms in total. The first-order valence-electron chi connectivity index (χ1n) is 6.85. The Morgan fingerprint density at radius 2 is 2.30 bits per heavy atom. The zero-order valence-electron chi connectivity index (χ0n) is 11.7. The van der Waals surface area contributed by atoms with Gasteiger partial charge in [-0.2, -0.15) is 5.10 Å². The van der Waals surface area contributed by atoms with Crippen LogP contribution in [0.5, 0.6) is 0 Å². The standard InChI is InChI=1S/C15H18N4S/c1-3-4-17-15(12-7-11(2)20-10-12)13-8-18-19-6-5-16-9-14(13)19/h5-10,15,17H,3-4H2,1-2H3. The maximum atomic E-state index is 4.42. The normalized spacial score (nSPS) is 12.9. The molecule has 0 aromatic carbocycles. The van der Waals surface area contributed by atoms with Crippen LogP contribution in [0.2, 0.25) is 0 Å². The van der Waals surface area contributed by atoms with Gasteiger partial charge in [-0.3, -0.25) is 4.98 Å². The molecular weight excluding hydrogens is 268 g/mol. The van der Waals surface area contributed by atoms with Gasteiger partial charge in [0, 0.05) is 22.8 Å². The van der Waals surface area contributed by atoms with Crippen LogP contribution in [0.15, 0.2) is 36.2 Å². The first kappa shape index (κ1) is 13.3. The van der Waals surface area contributed by atoms with Crippen LogP contribution in [0.25, 0.3) is 5.52 Å². The van der Waals surface area contributed by atoms with Crippen molar-refractivity contribution < 1.29 is 0 Å². The number of hydrogen-bond donors (Lipinski definition) is 1. The Hall–Kier alpha value is -1.72. The molecule has 104 valence electrons. The van der Waals surface area contributed by atoms with Gasteiger partial charge in [0.2, 0.25) is 0 Å².